The summed E-state index contributed by atoms with van der Waals surface area (Å²) in [5.41, 5.74) is -0.933. The minimum atomic E-state index is -0.946. The molecule has 0 spiro atoms. The van der Waals surface area contributed by atoms with Crippen LogP contribution < -0.4 is 0 Å². The van der Waals surface area contributed by atoms with Gasteiger partial charge in [-0.2, -0.15) is 0 Å². The summed E-state index contributed by atoms with van der Waals surface area (Å²) in [5, 5.41) is 27.5. The highest BCUT2D eigenvalue weighted by Gasteiger charge is 2.27. The molecule has 0 bridgehead atoms. The molecule has 0 aliphatic rings. The summed E-state index contributed by atoms with van der Waals surface area (Å²) in [4.78, 5) is 49.0. The zero-order chi connectivity index (χ0) is 19.3. The van der Waals surface area contributed by atoms with Gasteiger partial charge in [0.2, 0.25) is 0 Å². The first kappa shape index (κ1) is 19.3. The van der Waals surface area contributed by atoms with Crippen LogP contribution in [0, 0.1) is 0 Å². The molecule has 0 saturated heterocycles. The standard InChI is InChI=1S/C19H16O7/c20-8-15(23)12-6-13(16(24)9-21)18(14(7-12)17(25)10-22)19(26)11-4-2-1-3-5-11/h1-7,20-22H,8-10H2. The van der Waals surface area contributed by atoms with Gasteiger partial charge in [0.25, 0.3) is 0 Å². The Bertz CT molecular complexity index is 832. The highest BCUT2D eigenvalue weighted by atomic mass is 16.3. The van der Waals surface area contributed by atoms with Gasteiger partial charge >= 0.3 is 0 Å². The van der Waals surface area contributed by atoms with E-state index in [-0.39, 0.29) is 27.8 Å². The Kier molecular flexibility index (Phi) is 6.24. The minimum Gasteiger partial charge on any atom is -0.388 e. The number of hydrogen-bond donors (Lipinski definition) is 3. The molecule has 7 nitrogen and oxygen atoms in total. The maximum absolute atomic E-state index is 12.9. The van der Waals surface area contributed by atoms with Crippen molar-refractivity contribution in [3.8, 4) is 0 Å². The van der Waals surface area contributed by atoms with Crippen molar-refractivity contribution in [3.05, 3.63) is 70.3 Å². The minimum absolute atomic E-state index is 0.175. The van der Waals surface area contributed by atoms with Gasteiger partial charge in [0, 0.05) is 27.8 Å². The molecule has 0 heterocycles. The molecular weight excluding hydrogens is 340 g/mol. The van der Waals surface area contributed by atoms with Gasteiger partial charge in [0.05, 0.1) is 0 Å². The van der Waals surface area contributed by atoms with Crippen LogP contribution in [-0.2, 0) is 0 Å². The molecule has 0 amide bonds. The highest BCUT2D eigenvalue weighted by Crippen LogP contribution is 2.23. The van der Waals surface area contributed by atoms with Gasteiger partial charge in [0.15, 0.2) is 23.1 Å². The van der Waals surface area contributed by atoms with Gasteiger partial charge in [-0.15, -0.1) is 0 Å². The number of aliphatic hydroxyl groups is 3. The average molecular weight is 356 g/mol. The average Bonchev–Trinajstić information content (AvgIpc) is 2.70. The first-order valence-corrected chi connectivity index (χ1v) is 7.64. The summed E-state index contributed by atoms with van der Waals surface area (Å²) in [6, 6.07) is 9.95. The number of hydrogen-bond acceptors (Lipinski definition) is 7. The molecule has 2 rings (SSSR count). The van der Waals surface area contributed by atoms with Crippen LogP contribution in [0.25, 0.3) is 0 Å². The molecule has 2 aromatic rings. The molecule has 0 fully saturated rings. The van der Waals surface area contributed by atoms with E-state index in [0.29, 0.717) is 0 Å². The predicted molar refractivity (Wildman–Crippen MR) is 90.6 cm³/mol. The quantitative estimate of drug-likeness (QED) is 0.585. The third-order valence-corrected chi connectivity index (χ3v) is 3.76. The second-order valence-corrected chi connectivity index (χ2v) is 5.39. The van der Waals surface area contributed by atoms with Crippen LogP contribution in [0.3, 0.4) is 0 Å². The van der Waals surface area contributed by atoms with Gasteiger partial charge in [-0.05, 0) is 12.1 Å². The second kappa shape index (κ2) is 8.39. The summed E-state index contributed by atoms with van der Waals surface area (Å²) in [6.45, 7) is -2.76. The van der Waals surface area contributed by atoms with E-state index in [1.807, 2.05) is 0 Å². The van der Waals surface area contributed by atoms with Gasteiger partial charge in [-0.25, -0.2) is 0 Å². The molecular formula is C19H16O7. The third kappa shape index (κ3) is 3.80. The molecule has 0 aliphatic heterocycles. The van der Waals surface area contributed by atoms with Crippen molar-refractivity contribution in [1.82, 2.24) is 0 Å². The van der Waals surface area contributed by atoms with Crippen molar-refractivity contribution < 1.29 is 34.5 Å². The molecule has 0 aliphatic carbocycles. The van der Waals surface area contributed by atoms with Crippen LogP contribution in [0.15, 0.2) is 42.5 Å². The lowest BCUT2D eigenvalue weighted by atomic mass is 9.87. The van der Waals surface area contributed by atoms with E-state index in [2.05, 4.69) is 0 Å². The number of rotatable bonds is 8. The van der Waals surface area contributed by atoms with E-state index in [9.17, 15) is 29.4 Å². The van der Waals surface area contributed by atoms with E-state index in [4.69, 9.17) is 5.11 Å². The molecule has 0 unspecified atom stereocenters. The molecule has 3 N–H and O–H groups in total. The summed E-state index contributed by atoms with van der Waals surface area (Å²) in [6.07, 6.45) is 0. The zero-order valence-corrected chi connectivity index (χ0v) is 13.6. The zero-order valence-electron chi connectivity index (χ0n) is 13.6. The smallest absolute Gasteiger partial charge is 0.194 e. The number of aliphatic hydroxyl groups excluding tert-OH is 3. The van der Waals surface area contributed by atoms with Gasteiger partial charge in [-0.1, -0.05) is 30.3 Å². The van der Waals surface area contributed by atoms with Crippen LogP contribution in [0.4, 0.5) is 0 Å². The maximum Gasteiger partial charge on any atom is 0.194 e. The molecule has 134 valence electrons. The fraction of sp³-hybridized carbons (Fsp3) is 0.158. The summed E-state index contributed by atoms with van der Waals surface area (Å²) >= 11 is 0. The van der Waals surface area contributed by atoms with E-state index < -0.39 is 43.0 Å². The predicted octanol–water partition coefficient (Wildman–Crippen LogP) is 0.443. The van der Waals surface area contributed by atoms with E-state index in [0.717, 1.165) is 12.1 Å². The number of benzene rings is 2. The van der Waals surface area contributed by atoms with E-state index in [1.165, 1.54) is 12.1 Å². The Balaban J connectivity index is 2.81. The molecule has 0 radical (unpaired) electrons. The second-order valence-electron chi connectivity index (χ2n) is 5.39. The topological polar surface area (TPSA) is 129 Å². The first-order chi connectivity index (χ1) is 12.4. The molecule has 0 atom stereocenters. The van der Waals surface area contributed by atoms with Gasteiger partial charge < -0.3 is 15.3 Å². The Hall–Kier alpha value is -3.00. The maximum atomic E-state index is 12.9. The van der Waals surface area contributed by atoms with Crippen molar-refractivity contribution in [1.29, 1.82) is 0 Å². The van der Waals surface area contributed by atoms with Gasteiger partial charge in [-0.3, -0.25) is 19.2 Å². The number of carbonyl (C=O) groups excluding carboxylic acids is 4. The first-order valence-electron chi connectivity index (χ1n) is 7.64. The monoisotopic (exact) mass is 356 g/mol. The molecule has 0 aromatic heterocycles. The largest absolute Gasteiger partial charge is 0.388 e. The third-order valence-electron chi connectivity index (χ3n) is 3.76. The van der Waals surface area contributed by atoms with Crippen molar-refractivity contribution in [2.24, 2.45) is 0 Å². The van der Waals surface area contributed by atoms with Crippen LogP contribution in [0.2, 0.25) is 0 Å². The lowest BCUT2D eigenvalue weighted by molar-refractivity contribution is 0.0886. The van der Waals surface area contributed by atoms with Crippen LogP contribution in [-0.4, -0.2) is 58.3 Å². The van der Waals surface area contributed by atoms with Crippen LogP contribution >= 0.6 is 0 Å². The number of carbonyl (C=O) groups is 4. The van der Waals surface area contributed by atoms with Crippen molar-refractivity contribution in [2.75, 3.05) is 19.8 Å². The molecule has 26 heavy (non-hydrogen) atoms. The fourth-order valence-electron chi connectivity index (χ4n) is 2.48. The lowest BCUT2D eigenvalue weighted by Gasteiger charge is -2.14. The number of ketones is 4. The lowest BCUT2D eigenvalue weighted by Crippen LogP contribution is -2.21. The number of Topliss-reactive ketones (excluding diaryl/α,β-unsaturated/α-hetero) is 3. The van der Waals surface area contributed by atoms with Crippen molar-refractivity contribution in [2.45, 2.75) is 0 Å². The van der Waals surface area contributed by atoms with Crippen LogP contribution in [0.1, 0.15) is 47.0 Å². The molecule has 2 aromatic carbocycles. The Morgan fingerprint density at radius 1 is 0.654 bits per heavy atom. The SMILES string of the molecule is O=C(CO)c1cc(C(=O)CO)c(C(=O)c2ccccc2)c(C(=O)CO)c1. The molecule has 7 heteroatoms. The summed E-state index contributed by atoms with van der Waals surface area (Å²) < 4.78 is 0. The van der Waals surface area contributed by atoms with E-state index >= 15 is 0 Å². The van der Waals surface area contributed by atoms with Crippen molar-refractivity contribution >= 4 is 23.1 Å². The highest BCUT2D eigenvalue weighted by molar-refractivity contribution is 6.22. The Labute approximate surface area is 148 Å². The van der Waals surface area contributed by atoms with Crippen LogP contribution in [0.5, 0.6) is 0 Å². The fourth-order valence-corrected chi connectivity index (χ4v) is 2.48. The Morgan fingerprint density at radius 2 is 1.12 bits per heavy atom. The molecule has 0 saturated carbocycles. The summed E-state index contributed by atoms with van der Waals surface area (Å²) in [7, 11) is 0. The Morgan fingerprint density at radius 3 is 1.54 bits per heavy atom. The van der Waals surface area contributed by atoms with E-state index in [1.54, 1.807) is 18.2 Å². The normalized spacial score (nSPS) is 10.4. The van der Waals surface area contributed by atoms with Gasteiger partial charge in [0.1, 0.15) is 19.8 Å². The van der Waals surface area contributed by atoms with Crippen molar-refractivity contribution in [3.63, 3.8) is 0 Å². The summed E-state index contributed by atoms with van der Waals surface area (Å²) in [5.74, 6) is -3.18.